The Morgan fingerprint density at radius 1 is 0.323 bits per heavy atom. The molecule has 1 unspecified atom stereocenters. The van der Waals surface area contributed by atoms with E-state index in [9.17, 15) is 14.4 Å². The zero-order chi connectivity index (χ0) is 47.2. The van der Waals surface area contributed by atoms with Crippen molar-refractivity contribution in [3.05, 3.63) is 72.9 Å². The monoisotopic (exact) mass is 907 g/mol. The number of esters is 3. The van der Waals surface area contributed by atoms with Crippen molar-refractivity contribution in [2.24, 2.45) is 0 Å². The molecule has 0 fully saturated rings. The topological polar surface area (TPSA) is 78.9 Å². The smallest absolute Gasteiger partial charge is 0.306 e. The summed E-state index contributed by atoms with van der Waals surface area (Å²) in [6, 6.07) is 0. The highest BCUT2D eigenvalue weighted by molar-refractivity contribution is 5.71. The summed E-state index contributed by atoms with van der Waals surface area (Å²) < 4.78 is 16.8. The van der Waals surface area contributed by atoms with Crippen LogP contribution in [0.25, 0.3) is 0 Å². The van der Waals surface area contributed by atoms with Crippen molar-refractivity contribution in [3.8, 4) is 0 Å². The highest BCUT2D eigenvalue weighted by atomic mass is 16.6. The lowest BCUT2D eigenvalue weighted by molar-refractivity contribution is -0.166. The largest absolute Gasteiger partial charge is 0.462 e. The Balaban J connectivity index is 4.42. The van der Waals surface area contributed by atoms with E-state index in [2.05, 4.69) is 87.6 Å². The molecule has 0 spiro atoms. The standard InChI is InChI=1S/C59H102O6/c1-4-7-10-13-16-19-22-25-27-28-29-30-32-34-37-40-43-46-49-52-58(61)64-55-56(54-63-57(60)51-48-45-42-39-36-33-24-21-18-15-12-9-6-3)65-59(62)53-50-47-44-41-38-35-31-26-23-20-17-14-11-8-5-2/h16-17,19-20,22-23,25-26,33,36,42,45,56H,4-15,18,21,24,27-32,34-35,37-41,43-44,46-55H2,1-3H3/b19-16-,20-17-,25-22-,26-23-,36-33-,45-42-. The summed E-state index contributed by atoms with van der Waals surface area (Å²) in [4.78, 5) is 38.0. The second kappa shape index (κ2) is 53.5. The van der Waals surface area contributed by atoms with Gasteiger partial charge in [0.1, 0.15) is 13.2 Å². The third-order valence-electron chi connectivity index (χ3n) is 11.7. The van der Waals surface area contributed by atoms with Crippen LogP contribution in [0.1, 0.15) is 265 Å². The minimum atomic E-state index is -0.805. The van der Waals surface area contributed by atoms with Crippen LogP contribution in [0, 0.1) is 0 Å². The van der Waals surface area contributed by atoms with Gasteiger partial charge in [-0.3, -0.25) is 14.4 Å². The Morgan fingerprint density at radius 2 is 0.631 bits per heavy atom. The lowest BCUT2D eigenvalue weighted by Gasteiger charge is -2.18. The molecule has 0 aromatic rings. The molecule has 374 valence electrons. The maximum atomic E-state index is 12.8. The lowest BCUT2D eigenvalue weighted by Crippen LogP contribution is -2.30. The van der Waals surface area contributed by atoms with Crippen LogP contribution in [-0.4, -0.2) is 37.2 Å². The molecular formula is C59H102O6. The zero-order valence-electron chi connectivity index (χ0n) is 42.7. The molecule has 65 heavy (non-hydrogen) atoms. The van der Waals surface area contributed by atoms with Crippen LogP contribution in [0.5, 0.6) is 0 Å². The Hall–Kier alpha value is -3.15. The fourth-order valence-corrected chi connectivity index (χ4v) is 7.54. The van der Waals surface area contributed by atoms with E-state index in [1.165, 1.54) is 154 Å². The number of ether oxygens (including phenoxy) is 3. The summed E-state index contributed by atoms with van der Waals surface area (Å²) in [6.07, 6.45) is 67.5. The summed E-state index contributed by atoms with van der Waals surface area (Å²) in [6.45, 7) is 6.52. The van der Waals surface area contributed by atoms with Gasteiger partial charge >= 0.3 is 17.9 Å². The first-order valence-corrected chi connectivity index (χ1v) is 27.5. The van der Waals surface area contributed by atoms with Crippen LogP contribution in [0.4, 0.5) is 0 Å². The summed E-state index contributed by atoms with van der Waals surface area (Å²) in [5, 5.41) is 0. The van der Waals surface area contributed by atoms with Crippen LogP contribution in [-0.2, 0) is 28.6 Å². The first-order valence-electron chi connectivity index (χ1n) is 27.5. The second-order valence-corrected chi connectivity index (χ2v) is 18.2. The number of carbonyl (C=O) groups excluding carboxylic acids is 3. The van der Waals surface area contributed by atoms with Gasteiger partial charge in [-0.25, -0.2) is 0 Å². The summed E-state index contributed by atoms with van der Waals surface area (Å²) >= 11 is 0. The van der Waals surface area contributed by atoms with Crippen molar-refractivity contribution >= 4 is 17.9 Å². The van der Waals surface area contributed by atoms with Gasteiger partial charge in [0.15, 0.2) is 6.10 Å². The molecule has 0 radical (unpaired) electrons. The Morgan fingerprint density at radius 3 is 1.06 bits per heavy atom. The van der Waals surface area contributed by atoms with E-state index in [4.69, 9.17) is 14.2 Å². The average molecular weight is 907 g/mol. The molecule has 0 rings (SSSR count). The normalized spacial score (nSPS) is 12.6. The lowest BCUT2D eigenvalue weighted by atomic mass is 10.1. The van der Waals surface area contributed by atoms with Gasteiger partial charge in [0.25, 0.3) is 0 Å². The predicted octanol–water partition coefficient (Wildman–Crippen LogP) is 18.2. The number of hydrogen-bond acceptors (Lipinski definition) is 6. The Bertz CT molecular complexity index is 1230. The Labute approximate surface area is 402 Å². The molecule has 0 N–H and O–H groups in total. The first-order chi connectivity index (χ1) is 32.0. The number of allylic oxidation sites excluding steroid dienone is 12. The fourth-order valence-electron chi connectivity index (χ4n) is 7.54. The molecule has 0 amide bonds. The van der Waals surface area contributed by atoms with Crippen molar-refractivity contribution in [3.63, 3.8) is 0 Å². The average Bonchev–Trinajstić information content (AvgIpc) is 3.30. The molecule has 6 nitrogen and oxygen atoms in total. The molecule has 0 heterocycles. The quantitative estimate of drug-likeness (QED) is 0.0199. The molecule has 0 bridgehead atoms. The third-order valence-corrected chi connectivity index (χ3v) is 11.7. The van der Waals surface area contributed by atoms with E-state index in [0.717, 1.165) is 64.2 Å². The van der Waals surface area contributed by atoms with E-state index < -0.39 is 6.10 Å². The minimum absolute atomic E-state index is 0.0988. The molecule has 6 heteroatoms. The molecule has 0 aliphatic heterocycles. The SMILES string of the molecule is CCCCC/C=C\C=C/CCCCCCCCCCCCC(=O)OCC(COC(=O)CC/C=C\C/C=C\CCCCCCCC)OC(=O)CCCCCCCC/C=C\C=C/CCCCC. The maximum Gasteiger partial charge on any atom is 0.306 e. The van der Waals surface area contributed by atoms with Crippen molar-refractivity contribution in [2.45, 2.75) is 271 Å². The number of carbonyl (C=O) groups is 3. The third kappa shape index (κ3) is 51.7. The van der Waals surface area contributed by atoms with E-state index in [1.807, 2.05) is 6.08 Å². The second-order valence-electron chi connectivity index (χ2n) is 18.2. The zero-order valence-corrected chi connectivity index (χ0v) is 42.7. The van der Waals surface area contributed by atoms with Crippen molar-refractivity contribution < 1.29 is 28.6 Å². The van der Waals surface area contributed by atoms with Gasteiger partial charge in [-0.05, 0) is 89.9 Å². The van der Waals surface area contributed by atoms with Crippen LogP contribution < -0.4 is 0 Å². The van der Waals surface area contributed by atoms with Gasteiger partial charge in [0.05, 0.1) is 0 Å². The molecular weight excluding hydrogens is 805 g/mol. The molecule has 0 saturated heterocycles. The van der Waals surface area contributed by atoms with Gasteiger partial charge in [-0.15, -0.1) is 0 Å². The van der Waals surface area contributed by atoms with E-state index >= 15 is 0 Å². The van der Waals surface area contributed by atoms with Gasteiger partial charge in [-0.1, -0.05) is 229 Å². The maximum absolute atomic E-state index is 12.8. The molecule has 0 saturated carbocycles. The van der Waals surface area contributed by atoms with Crippen molar-refractivity contribution in [2.75, 3.05) is 13.2 Å². The van der Waals surface area contributed by atoms with Gasteiger partial charge < -0.3 is 14.2 Å². The van der Waals surface area contributed by atoms with Gasteiger partial charge in [0, 0.05) is 19.3 Å². The van der Waals surface area contributed by atoms with Crippen LogP contribution >= 0.6 is 0 Å². The van der Waals surface area contributed by atoms with Gasteiger partial charge in [-0.2, -0.15) is 0 Å². The van der Waals surface area contributed by atoms with E-state index in [-0.39, 0.29) is 37.5 Å². The molecule has 0 aliphatic rings. The van der Waals surface area contributed by atoms with E-state index in [1.54, 1.807) is 0 Å². The number of rotatable bonds is 49. The first kappa shape index (κ1) is 61.9. The molecule has 0 aromatic carbocycles. The fraction of sp³-hybridized carbons (Fsp3) is 0.746. The van der Waals surface area contributed by atoms with Crippen molar-refractivity contribution in [1.82, 2.24) is 0 Å². The summed E-state index contributed by atoms with van der Waals surface area (Å²) in [5.41, 5.74) is 0. The molecule has 1 atom stereocenters. The van der Waals surface area contributed by atoms with Gasteiger partial charge in [0.2, 0.25) is 0 Å². The predicted molar refractivity (Wildman–Crippen MR) is 279 cm³/mol. The number of hydrogen-bond donors (Lipinski definition) is 0. The summed E-state index contributed by atoms with van der Waals surface area (Å²) in [7, 11) is 0. The van der Waals surface area contributed by atoms with Crippen molar-refractivity contribution in [1.29, 1.82) is 0 Å². The molecule has 0 aliphatic carbocycles. The highest BCUT2D eigenvalue weighted by Crippen LogP contribution is 2.14. The number of unbranched alkanes of at least 4 members (excludes halogenated alkanes) is 28. The van der Waals surface area contributed by atoms with Crippen LogP contribution in [0.3, 0.4) is 0 Å². The van der Waals surface area contributed by atoms with E-state index in [0.29, 0.717) is 19.3 Å². The Kier molecular flexibility index (Phi) is 50.9. The summed E-state index contributed by atoms with van der Waals surface area (Å²) in [5.74, 6) is -0.980. The molecule has 0 aromatic heterocycles. The van der Waals surface area contributed by atoms with Crippen LogP contribution in [0.2, 0.25) is 0 Å². The van der Waals surface area contributed by atoms with Crippen LogP contribution in [0.15, 0.2) is 72.9 Å². The highest BCUT2D eigenvalue weighted by Gasteiger charge is 2.19. The minimum Gasteiger partial charge on any atom is -0.462 e.